The molecule has 142 valence electrons. The Bertz CT molecular complexity index is 1030. The van der Waals surface area contributed by atoms with E-state index in [4.69, 9.17) is 23.2 Å². The van der Waals surface area contributed by atoms with Crippen molar-refractivity contribution in [2.24, 2.45) is 5.41 Å². The number of hydrogen-bond acceptors (Lipinski definition) is 4. The first-order valence-corrected chi connectivity index (χ1v) is 10.3. The van der Waals surface area contributed by atoms with Crippen LogP contribution in [0.2, 0.25) is 10.0 Å². The van der Waals surface area contributed by atoms with E-state index in [0.29, 0.717) is 10.7 Å². The van der Waals surface area contributed by atoms with Crippen LogP contribution in [0.3, 0.4) is 0 Å². The molecule has 6 nitrogen and oxygen atoms in total. The van der Waals surface area contributed by atoms with Crippen molar-refractivity contribution in [3.05, 3.63) is 58.1 Å². The number of nitrogens with zero attached hydrogens (tertiary/aromatic N) is 1. The molecule has 1 saturated heterocycles. The molecular weight excluding hydrogens is 411 g/mol. The van der Waals surface area contributed by atoms with Crippen LogP contribution in [0.25, 0.3) is 0 Å². The summed E-state index contributed by atoms with van der Waals surface area (Å²) in [6.07, 6.45) is 0. The summed E-state index contributed by atoms with van der Waals surface area (Å²) < 4.78 is 25.6. The molecule has 9 heteroatoms. The second-order valence-electron chi connectivity index (χ2n) is 6.83. The van der Waals surface area contributed by atoms with E-state index in [2.05, 4.69) is 5.32 Å². The number of carbonyl (C=O) groups is 2. The van der Waals surface area contributed by atoms with Crippen LogP contribution < -0.4 is 9.62 Å². The number of rotatable bonds is 3. The van der Waals surface area contributed by atoms with Gasteiger partial charge in [0.15, 0.2) is 0 Å². The molecule has 3 rings (SSSR count). The third-order valence-electron chi connectivity index (χ3n) is 4.12. The molecule has 0 radical (unpaired) electrons. The highest BCUT2D eigenvalue weighted by Gasteiger charge is 2.50. The summed E-state index contributed by atoms with van der Waals surface area (Å²) in [6.45, 7) is 3.13. The van der Waals surface area contributed by atoms with Crippen molar-refractivity contribution < 1.29 is 18.0 Å². The van der Waals surface area contributed by atoms with Crippen LogP contribution in [0.5, 0.6) is 0 Å². The molecule has 1 fully saturated rings. The minimum Gasteiger partial charge on any atom is -0.322 e. The van der Waals surface area contributed by atoms with Crippen molar-refractivity contribution in [2.75, 3.05) is 15.4 Å². The molecule has 1 heterocycles. The fourth-order valence-electron chi connectivity index (χ4n) is 2.81. The van der Waals surface area contributed by atoms with E-state index in [9.17, 15) is 18.0 Å². The van der Waals surface area contributed by atoms with Crippen molar-refractivity contribution in [1.29, 1.82) is 0 Å². The fourth-order valence-corrected chi connectivity index (χ4v) is 5.24. The van der Waals surface area contributed by atoms with Gasteiger partial charge >= 0.3 is 0 Å². The minimum absolute atomic E-state index is 0.0526. The van der Waals surface area contributed by atoms with Gasteiger partial charge in [0, 0.05) is 10.7 Å². The van der Waals surface area contributed by atoms with E-state index in [-0.39, 0.29) is 22.0 Å². The van der Waals surface area contributed by atoms with Gasteiger partial charge in [0.2, 0.25) is 15.9 Å². The summed E-state index contributed by atoms with van der Waals surface area (Å²) in [5, 5.41) is 3.31. The highest BCUT2D eigenvalue weighted by Crippen LogP contribution is 2.37. The Labute approximate surface area is 167 Å². The van der Waals surface area contributed by atoms with Gasteiger partial charge in [0.1, 0.15) is 0 Å². The van der Waals surface area contributed by atoms with Crippen LogP contribution in [-0.4, -0.2) is 26.0 Å². The van der Waals surface area contributed by atoms with Gasteiger partial charge < -0.3 is 5.32 Å². The molecule has 0 atom stereocenters. The average molecular weight is 427 g/mol. The number of sulfonamides is 1. The molecule has 1 aliphatic heterocycles. The van der Waals surface area contributed by atoms with Gasteiger partial charge in [-0.05, 0) is 56.3 Å². The Morgan fingerprint density at radius 3 is 2.30 bits per heavy atom. The third kappa shape index (κ3) is 3.81. The summed E-state index contributed by atoms with van der Waals surface area (Å²) in [4.78, 5) is 25.1. The first-order chi connectivity index (χ1) is 12.5. The number of hydrogen-bond donors (Lipinski definition) is 1. The summed E-state index contributed by atoms with van der Waals surface area (Å²) in [5.74, 6) is -1.38. The van der Waals surface area contributed by atoms with Crippen molar-refractivity contribution >= 4 is 56.4 Å². The number of nitrogens with one attached hydrogen (secondary N) is 1. The van der Waals surface area contributed by atoms with E-state index >= 15 is 0 Å². The summed E-state index contributed by atoms with van der Waals surface area (Å²) in [7, 11) is -3.82. The van der Waals surface area contributed by atoms with E-state index in [1.165, 1.54) is 18.2 Å². The maximum Gasteiger partial charge on any atom is 0.257 e. The predicted octanol–water partition coefficient (Wildman–Crippen LogP) is 3.95. The normalized spacial score (nSPS) is 17.8. The highest BCUT2D eigenvalue weighted by molar-refractivity contribution is 7.94. The van der Waals surface area contributed by atoms with Crippen molar-refractivity contribution in [2.45, 2.75) is 13.8 Å². The zero-order valence-electron chi connectivity index (χ0n) is 14.5. The molecule has 1 aliphatic rings. The first-order valence-electron chi connectivity index (χ1n) is 7.95. The zero-order chi connectivity index (χ0) is 20.0. The lowest BCUT2D eigenvalue weighted by atomic mass is 9.95. The quantitative estimate of drug-likeness (QED) is 0.804. The van der Waals surface area contributed by atoms with Crippen LogP contribution in [0.1, 0.15) is 24.2 Å². The molecule has 0 aliphatic carbocycles. The van der Waals surface area contributed by atoms with Gasteiger partial charge in [0.05, 0.1) is 27.4 Å². The van der Waals surface area contributed by atoms with Crippen molar-refractivity contribution in [1.82, 2.24) is 0 Å². The maximum absolute atomic E-state index is 12.6. The molecule has 2 aromatic carbocycles. The van der Waals surface area contributed by atoms with E-state index in [1.54, 1.807) is 38.1 Å². The van der Waals surface area contributed by atoms with Gasteiger partial charge in [-0.25, -0.2) is 12.7 Å². The van der Waals surface area contributed by atoms with Crippen molar-refractivity contribution in [3.63, 3.8) is 0 Å². The molecule has 0 bridgehead atoms. The summed E-state index contributed by atoms with van der Waals surface area (Å²) in [5.41, 5.74) is -0.408. The van der Waals surface area contributed by atoms with Gasteiger partial charge in [0.25, 0.3) is 5.91 Å². The van der Waals surface area contributed by atoms with Gasteiger partial charge in [-0.3, -0.25) is 9.59 Å². The molecule has 2 aromatic rings. The molecule has 0 aromatic heterocycles. The third-order valence-corrected chi connectivity index (χ3v) is 6.72. The molecule has 0 spiro atoms. The van der Waals surface area contributed by atoms with Crippen LogP contribution in [0.4, 0.5) is 11.4 Å². The SMILES string of the molecule is CC1(C)CS(=O)(=O)N(c2ccc(Cl)c(C(=O)Nc3ccc(Cl)cc3)c2)C1=O. The maximum atomic E-state index is 12.6. The van der Waals surface area contributed by atoms with Gasteiger partial charge in [-0.2, -0.15) is 0 Å². The lowest BCUT2D eigenvalue weighted by molar-refractivity contribution is -0.123. The Morgan fingerprint density at radius 1 is 1.11 bits per heavy atom. The monoisotopic (exact) mass is 426 g/mol. The van der Waals surface area contributed by atoms with E-state index < -0.39 is 27.3 Å². The van der Waals surface area contributed by atoms with Crippen LogP contribution >= 0.6 is 23.2 Å². The number of halogens is 2. The lowest BCUT2D eigenvalue weighted by Gasteiger charge is -2.18. The Morgan fingerprint density at radius 2 is 1.74 bits per heavy atom. The van der Waals surface area contributed by atoms with E-state index in [0.717, 1.165) is 4.31 Å². The standard InChI is InChI=1S/C18H16Cl2N2O4S/c1-18(2)10-27(25,26)22(17(18)24)13-7-8-15(20)14(9-13)16(23)21-12-5-3-11(19)4-6-12/h3-9H,10H2,1-2H3,(H,21,23). The number of anilines is 2. The first kappa shape index (κ1) is 19.7. The largest absolute Gasteiger partial charge is 0.322 e. The minimum atomic E-state index is -3.82. The number of carbonyl (C=O) groups excluding carboxylic acids is 2. The lowest BCUT2D eigenvalue weighted by Crippen LogP contribution is -2.33. The highest BCUT2D eigenvalue weighted by atomic mass is 35.5. The second-order valence-corrected chi connectivity index (χ2v) is 9.50. The fraction of sp³-hybridized carbons (Fsp3) is 0.222. The van der Waals surface area contributed by atoms with Crippen LogP contribution in [0.15, 0.2) is 42.5 Å². The summed E-state index contributed by atoms with van der Waals surface area (Å²) >= 11 is 11.9. The predicted molar refractivity (Wildman–Crippen MR) is 106 cm³/mol. The summed E-state index contributed by atoms with van der Waals surface area (Å²) in [6, 6.07) is 10.6. The van der Waals surface area contributed by atoms with Crippen molar-refractivity contribution in [3.8, 4) is 0 Å². The molecule has 0 unspecified atom stereocenters. The number of amides is 2. The van der Waals surface area contributed by atoms with Gasteiger partial charge in [-0.15, -0.1) is 0 Å². The Kier molecular flexibility index (Phi) is 4.96. The Hall–Kier alpha value is -2.09. The van der Waals surface area contributed by atoms with E-state index in [1.807, 2.05) is 0 Å². The molecular formula is C18H16Cl2N2O4S. The van der Waals surface area contributed by atoms with Crippen LogP contribution in [-0.2, 0) is 14.8 Å². The number of benzene rings is 2. The zero-order valence-corrected chi connectivity index (χ0v) is 16.8. The molecule has 2 amide bonds. The molecule has 1 N–H and O–H groups in total. The smallest absolute Gasteiger partial charge is 0.257 e. The van der Waals surface area contributed by atoms with Crippen LogP contribution in [0, 0.1) is 5.41 Å². The average Bonchev–Trinajstić information content (AvgIpc) is 2.73. The second kappa shape index (κ2) is 6.82. The Balaban J connectivity index is 1.96. The molecule has 27 heavy (non-hydrogen) atoms. The van der Waals surface area contributed by atoms with Gasteiger partial charge in [-0.1, -0.05) is 23.2 Å². The topological polar surface area (TPSA) is 83.6 Å². The molecule has 0 saturated carbocycles.